The fraction of sp³-hybridized carbons (Fsp3) is 0.214. The number of thiophene rings is 1. The van der Waals surface area contributed by atoms with E-state index >= 15 is 0 Å². The van der Waals surface area contributed by atoms with Gasteiger partial charge in [0, 0.05) is 5.69 Å². The number of anilines is 1. The summed E-state index contributed by atoms with van der Waals surface area (Å²) in [6.45, 7) is 4.33. The van der Waals surface area contributed by atoms with Crippen molar-refractivity contribution in [2.45, 2.75) is 13.8 Å². The number of hydrogen-bond donors (Lipinski definition) is 1. The summed E-state index contributed by atoms with van der Waals surface area (Å²) >= 11 is 4.84. The largest absolute Gasteiger partial charge is 0.493 e. The normalized spacial score (nSPS) is 10.5. The van der Waals surface area contributed by atoms with Gasteiger partial charge in [-0.3, -0.25) is 4.79 Å². The molecule has 1 heterocycles. The van der Waals surface area contributed by atoms with Crippen molar-refractivity contribution in [2.24, 2.45) is 0 Å². The minimum atomic E-state index is -0.0969. The highest BCUT2D eigenvalue weighted by atomic mass is 79.9. The SMILES string of the molecule is CCOc1cccc(N)c1C(=O)c1cc(C)c(Br)s1. The Bertz CT molecular complexity index is 602. The van der Waals surface area contributed by atoms with E-state index in [1.165, 1.54) is 11.3 Å². The maximum atomic E-state index is 12.6. The smallest absolute Gasteiger partial charge is 0.208 e. The summed E-state index contributed by atoms with van der Waals surface area (Å²) < 4.78 is 6.45. The minimum absolute atomic E-state index is 0.0969. The third-order valence-corrected chi connectivity index (χ3v) is 4.80. The maximum Gasteiger partial charge on any atom is 0.208 e. The van der Waals surface area contributed by atoms with Crippen molar-refractivity contribution in [1.29, 1.82) is 0 Å². The third-order valence-electron chi connectivity index (χ3n) is 2.67. The van der Waals surface area contributed by atoms with E-state index in [0.29, 0.717) is 28.5 Å². The van der Waals surface area contributed by atoms with Crippen molar-refractivity contribution < 1.29 is 9.53 Å². The molecule has 100 valence electrons. The van der Waals surface area contributed by atoms with Crippen molar-refractivity contribution >= 4 is 38.7 Å². The van der Waals surface area contributed by atoms with Gasteiger partial charge in [0.05, 0.1) is 20.8 Å². The topological polar surface area (TPSA) is 52.3 Å². The van der Waals surface area contributed by atoms with Crippen molar-refractivity contribution in [3.05, 3.63) is 44.1 Å². The molecule has 2 N–H and O–H groups in total. The second-order valence-corrected chi connectivity index (χ2v) is 6.42. The third kappa shape index (κ3) is 2.82. The summed E-state index contributed by atoms with van der Waals surface area (Å²) in [5.41, 5.74) is 7.85. The molecule has 0 aliphatic rings. The molecule has 0 unspecified atom stereocenters. The van der Waals surface area contributed by atoms with Crippen LogP contribution in [0, 0.1) is 6.92 Å². The van der Waals surface area contributed by atoms with E-state index < -0.39 is 0 Å². The van der Waals surface area contributed by atoms with E-state index in [2.05, 4.69) is 15.9 Å². The quantitative estimate of drug-likeness (QED) is 0.675. The van der Waals surface area contributed by atoms with Gasteiger partial charge in [0.1, 0.15) is 5.75 Å². The standard InChI is InChI=1S/C14H14BrNO2S/c1-3-18-10-6-4-5-9(16)12(10)13(17)11-7-8(2)14(15)19-11/h4-7H,3,16H2,1-2H3. The molecule has 0 saturated heterocycles. The molecule has 0 spiro atoms. The Morgan fingerprint density at radius 3 is 2.79 bits per heavy atom. The first kappa shape index (κ1) is 14.1. The molecule has 19 heavy (non-hydrogen) atoms. The van der Waals surface area contributed by atoms with Crippen LogP contribution in [0.2, 0.25) is 0 Å². The number of nitrogens with two attached hydrogens (primary N) is 1. The van der Waals surface area contributed by atoms with Gasteiger partial charge >= 0.3 is 0 Å². The first-order chi connectivity index (χ1) is 9.04. The fourth-order valence-corrected chi connectivity index (χ4v) is 3.24. The lowest BCUT2D eigenvalue weighted by Crippen LogP contribution is -2.07. The number of benzene rings is 1. The van der Waals surface area contributed by atoms with E-state index in [1.807, 2.05) is 19.9 Å². The summed E-state index contributed by atoms with van der Waals surface area (Å²) in [5, 5.41) is 0. The summed E-state index contributed by atoms with van der Waals surface area (Å²) in [5.74, 6) is 0.440. The number of rotatable bonds is 4. The van der Waals surface area contributed by atoms with Crippen LogP contribution in [0.1, 0.15) is 27.7 Å². The van der Waals surface area contributed by atoms with Gasteiger partial charge in [0.2, 0.25) is 5.78 Å². The number of ketones is 1. The number of aryl methyl sites for hydroxylation is 1. The van der Waals surface area contributed by atoms with Gasteiger partial charge in [0.15, 0.2) is 0 Å². The zero-order valence-corrected chi connectivity index (χ0v) is 13.1. The zero-order chi connectivity index (χ0) is 14.0. The molecule has 0 bridgehead atoms. The fourth-order valence-electron chi connectivity index (χ4n) is 1.76. The van der Waals surface area contributed by atoms with Gasteiger partial charge in [-0.1, -0.05) is 6.07 Å². The minimum Gasteiger partial charge on any atom is -0.493 e. The lowest BCUT2D eigenvalue weighted by molar-refractivity contribution is 0.103. The van der Waals surface area contributed by atoms with Crippen LogP contribution in [0.15, 0.2) is 28.1 Å². The van der Waals surface area contributed by atoms with Crippen molar-refractivity contribution in [3.8, 4) is 5.75 Å². The Labute approximate surface area is 124 Å². The van der Waals surface area contributed by atoms with Crippen LogP contribution >= 0.6 is 27.3 Å². The molecule has 0 aliphatic carbocycles. The highest BCUT2D eigenvalue weighted by molar-refractivity contribution is 9.11. The molecular formula is C14H14BrNO2S. The van der Waals surface area contributed by atoms with E-state index in [4.69, 9.17) is 10.5 Å². The summed E-state index contributed by atoms with van der Waals surface area (Å²) in [7, 11) is 0. The molecule has 2 aromatic rings. The van der Waals surface area contributed by atoms with Gasteiger partial charge in [-0.25, -0.2) is 0 Å². The first-order valence-corrected chi connectivity index (χ1v) is 7.47. The molecule has 5 heteroatoms. The summed E-state index contributed by atoms with van der Waals surface area (Å²) in [6.07, 6.45) is 0. The number of ether oxygens (including phenoxy) is 1. The van der Waals surface area contributed by atoms with Crippen molar-refractivity contribution in [1.82, 2.24) is 0 Å². The van der Waals surface area contributed by atoms with Crippen LogP contribution in [0.5, 0.6) is 5.75 Å². The number of carbonyl (C=O) groups is 1. The number of halogens is 1. The molecule has 0 atom stereocenters. The van der Waals surface area contributed by atoms with E-state index in [1.54, 1.807) is 18.2 Å². The van der Waals surface area contributed by atoms with E-state index in [0.717, 1.165) is 9.35 Å². The van der Waals surface area contributed by atoms with Crippen LogP contribution < -0.4 is 10.5 Å². The van der Waals surface area contributed by atoms with E-state index in [-0.39, 0.29) is 5.78 Å². The van der Waals surface area contributed by atoms with Crippen LogP contribution in [0.3, 0.4) is 0 Å². The van der Waals surface area contributed by atoms with Gasteiger partial charge in [-0.15, -0.1) is 11.3 Å². The molecule has 0 radical (unpaired) electrons. The Balaban J connectivity index is 2.48. The average molecular weight is 340 g/mol. The second-order valence-electron chi connectivity index (χ2n) is 4.05. The summed E-state index contributed by atoms with van der Waals surface area (Å²) in [4.78, 5) is 13.2. The van der Waals surface area contributed by atoms with Crippen LogP contribution in [0.25, 0.3) is 0 Å². The van der Waals surface area contributed by atoms with Gasteiger partial charge in [-0.2, -0.15) is 0 Å². The molecule has 1 aromatic heterocycles. The summed E-state index contributed by atoms with van der Waals surface area (Å²) in [6, 6.07) is 7.12. The lowest BCUT2D eigenvalue weighted by atomic mass is 10.1. The monoisotopic (exact) mass is 339 g/mol. The lowest BCUT2D eigenvalue weighted by Gasteiger charge is -2.10. The molecule has 0 fully saturated rings. The predicted molar refractivity (Wildman–Crippen MR) is 82.2 cm³/mol. The molecule has 0 aliphatic heterocycles. The molecular weight excluding hydrogens is 326 g/mol. The van der Waals surface area contributed by atoms with Crippen LogP contribution in [-0.2, 0) is 0 Å². The van der Waals surface area contributed by atoms with Crippen LogP contribution in [0.4, 0.5) is 5.69 Å². The van der Waals surface area contributed by atoms with Crippen molar-refractivity contribution in [2.75, 3.05) is 12.3 Å². The molecule has 0 saturated carbocycles. The van der Waals surface area contributed by atoms with Crippen LogP contribution in [-0.4, -0.2) is 12.4 Å². The Hall–Kier alpha value is -1.33. The first-order valence-electron chi connectivity index (χ1n) is 5.86. The Morgan fingerprint density at radius 2 is 2.21 bits per heavy atom. The van der Waals surface area contributed by atoms with Gasteiger partial charge in [-0.05, 0) is 53.5 Å². The highest BCUT2D eigenvalue weighted by Gasteiger charge is 2.20. The second kappa shape index (κ2) is 5.75. The zero-order valence-electron chi connectivity index (χ0n) is 10.7. The maximum absolute atomic E-state index is 12.6. The Kier molecular flexibility index (Phi) is 4.27. The Morgan fingerprint density at radius 1 is 1.47 bits per heavy atom. The molecule has 0 amide bonds. The predicted octanol–water partition coefficient (Wildman–Crippen LogP) is 4.03. The van der Waals surface area contributed by atoms with Gasteiger partial charge < -0.3 is 10.5 Å². The number of nitrogen functional groups attached to an aromatic ring is 1. The molecule has 3 nitrogen and oxygen atoms in total. The number of hydrogen-bond acceptors (Lipinski definition) is 4. The molecule has 1 aromatic carbocycles. The molecule has 2 rings (SSSR count). The average Bonchev–Trinajstić information content (AvgIpc) is 2.70. The highest BCUT2D eigenvalue weighted by Crippen LogP contribution is 2.33. The van der Waals surface area contributed by atoms with Gasteiger partial charge in [0.25, 0.3) is 0 Å². The van der Waals surface area contributed by atoms with E-state index in [9.17, 15) is 4.79 Å². The number of carbonyl (C=O) groups excluding carboxylic acids is 1. The van der Waals surface area contributed by atoms with Crippen molar-refractivity contribution in [3.63, 3.8) is 0 Å².